The van der Waals surface area contributed by atoms with E-state index in [4.69, 9.17) is 54.5 Å². The number of rotatable bonds is 8. The molecule has 0 atom stereocenters. The van der Waals surface area contributed by atoms with Crippen LogP contribution in [-0.4, -0.2) is 39.2 Å². The fourth-order valence-corrected chi connectivity index (χ4v) is 4.13. The van der Waals surface area contributed by atoms with Gasteiger partial charge >= 0.3 is 11.9 Å². The summed E-state index contributed by atoms with van der Waals surface area (Å²) in [4.78, 5) is 21.9. The Labute approximate surface area is 195 Å². The summed E-state index contributed by atoms with van der Waals surface area (Å²) in [5.41, 5.74) is 4.42. The number of ether oxygens (including phenoxy) is 2. The van der Waals surface area contributed by atoms with Crippen molar-refractivity contribution in [1.29, 1.82) is 0 Å². The molecule has 2 rings (SSSR count). The molecule has 0 heterocycles. The zero-order chi connectivity index (χ0) is 23.5. The van der Waals surface area contributed by atoms with E-state index in [9.17, 15) is 9.59 Å². The van der Waals surface area contributed by atoms with Crippen molar-refractivity contribution in [3.05, 3.63) is 57.6 Å². The number of halogens is 3. The highest BCUT2D eigenvalue weighted by Crippen LogP contribution is 2.49. The maximum atomic E-state index is 10.9. The number of hydrogen-bond donors (Lipinski definition) is 2. The van der Waals surface area contributed by atoms with E-state index in [1.807, 2.05) is 26.0 Å². The first kappa shape index (κ1) is 25.1. The van der Waals surface area contributed by atoms with Crippen LogP contribution >= 0.6 is 34.8 Å². The lowest BCUT2D eigenvalue weighted by Crippen LogP contribution is -2.21. The Hall–Kier alpha value is -2.15. The largest absolute Gasteiger partial charge is 0.482 e. The third-order valence-electron chi connectivity index (χ3n) is 4.78. The SMILES string of the molecule is Cc1cc(C)c(C(c2cc(OCC(=O)O)c(C)cc2C)C(Cl)(Cl)Cl)cc1OCC(=O)O. The van der Waals surface area contributed by atoms with E-state index < -0.39 is 34.9 Å². The van der Waals surface area contributed by atoms with Crippen LogP contribution in [0.25, 0.3) is 0 Å². The summed E-state index contributed by atoms with van der Waals surface area (Å²) in [5.74, 6) is -2.22. The molecule has 0 amide bonds. The van der Waals surface area contributed by atoms with Gasteiger partial charge in [-0.05, 0) is 73.2 Å². The minimum atomic E-state index is -1.77. The van der Waals surface area contributed by atoms with Gasteiger partial charge in [0, 0.05) is 0 Å². The molecule has 9 heteroatoms. The molecule has 0 aliphatic carbocycles. The molecule has 0 fully saturated rings. The van der Waals surface area contributed by atoms with Crippen molar-refractivity contribution in [2.24, 2.45) is 0 Å². The molecule has 6 nitrogen and oxygen atoms in total. The average molecular weight is 490 g/mol. The second kappa shape index (κ2) is 9.98. The van der Waals surface area contributed by atoms with Gasteiger partial charge in [-0.25, -0.2) is 9.59 Å². The van der Waals surface area contributed by atoms with E-state index >= 15 is 0 Å². The minimum Gasteiger partial charge on any atom is -0.482 e. The van der Waals surface area contributed by atoms with Gasteiger partial charge in [-0.3, -0.25) is 0 Å². The van der Waals surface area contributed by atoms with Crippen LogP contribution in [0.15, 0.2) is 24.3 Å². The quantitative estimate of drug-likeness (QED) is 0.486. The smallest absolute Gasteiger partial charge is 0.341 e. The van der Waals surface area contributed by atoms with Gasteiger partial charge in [0.1, 0.15) is 11.5 Å². The van der Waals surface area contributed by atoms with Gasteiger partial charge in [0.15, 0.2) is 13.2 Å². The van der Waals surface area contributed by atoms with Gasteiger partial charge in [0.2, 0.25) is 3.79 Å². The van der Waals surface area contributed by atoms with E-state index in [1.54, 1.807) is 26.0 Å². The lowest BCUT2D eigenvalue weighted by Gasteiger charge is -2.29. The molecule has 2 aromatic carbocycles. The van der Waals surface area contributed by atoms with Gasteiger partial charge in [0.05, 0.1) is 5.92 Å². The second-order valence-corrected chi connectivity index (χ2v) is 9.66. The zero-order valence-corrected chi connectivity index (χ0v) is 19.7. The summed E-state index contributed by atoms with van der Waals surface area (Å²) in [6, 6.07) is 7.02. The lowest BCUT2D eigenvalue weighted by molar-refractivity contribution is -0.140. The van der Waals surface area contributed by atoms with E-state index in [0.717, 1.165) is 22.3 Å². The number of benzene rings is 2. The molecule has 0 aromatic heterocycles. The van der Waals surface area contributed by atoms with Crippen LogP contribution in [0.4, 0.5) is 0 Å². The molecule has 0 aliphatic rings. The molecule has 0 radical (unpaired) electrons. The van der Waals surface area contributed by atoms with Crippen LogP contribution in [0.3, 0.4) is 0 Å². The molecular weight excluding hydrogens is 467 g/mol. The molecule has 31 heavy (non-hydrogen) atoms. The lowest BCUT2D eigenvalue weighted by atomic mass is 9.85. The summed E-state index contributed by atoms with van der Waals surface area (Å²) < 4.78 is 9.05. The second-order valence-electron chi connectivity index (χ2n) is 7.29. The minimum absolute atomic E-state index is 0.370. The third-order valence-corrected chi connectivity index (χ3v) is 5.43. The summed E-state index contributed by atoms with van der Waals surface area (Å²) in [6.07, 6.45) is 0. The summed E-state index contributed by atoms with van der Waals surface area (Å²) in [6.45, 7) is 6.31. The number of carboxylic acids is 2. The Morgan fingerprint density at radius 3 is 1.42 bits per heavy atom. The number of alkyl halides is 3. The molecule has 0 spiro atoms. The molecular formula is C22H23Cl3O6. The topological polar surface area (TPSA) is 93.1 Å². The fraction of sp³-hybridized carbons (Fsp3) is 0.364. The van der Waals surface area contributed by atoms with E-state index in [0.29, 0.717) is 22.6 Å². The first-order valence-corrected chi connectivity index (χ1v) is 10.4. The maximum Gasteiger partial charge on any atom is 0.341 e. The van der Waals surface area contributed by atoms with Gasteiger partial charge in [-0.15, -0.1) is 0 Å². The van der Waals surface area contributed by atoms with Crippen molar-refractivity contribution >= 4 is 46.7 Å². The van der Waals surface area contributed by atoms with Gasteiger partial charge in [-0.2, -0.15) is 0 Å². The molecule has 2 N–H and O–H groups in total. The van der Waals surface area contributed by atoms with Gasteiger partial charge < -0.3 is 19.7 Å². The van der Waals surface area contributed by atoms with Crippen molar-refractivity contribution in [2.45, 2.75) is 37.4 Å². The third kappa shape index (κ3) is 6.42. The average Bonchev–Trinajstić information content (AvgIpc) is 2.62. The predicted molar refractivity (Wildman–Crippen MR) is 120 cm³/mol. The van der Waals surface area contributed by atoms with Crippen LogP contribution in [-0.2, 0) is 9.59 Å². The number of hydrogen-bond acceptors (Lipinski definition) is 4. The number of carboxylic acid groups (broad SMARTS) is 2. The first-order chi connectivity index (χ1) is 14.3. The maximum absolute atomic E-state index is 10.9. The predicted octanol–water partition coefficient (Wildman–Crippen LogP) is 5.35. The number of aryl methyl sites for hydroxylation is 4. The normalized spacial score (nSPS) is 11.5. The molecule has 0 saturated carbocycles. The summed E-state index contributed by atoms with van der Waals surface area (Å²) in [7, 11) is 0. The van der Waals surface area contributed by atoms with Gasteiger partial charge in [-0.1, -0.05) is 46.9 Å². The Balaban J connectivity index is 2.65. The van der Waals surface area contributed by atoms with Crippen LogP contribution in [0.5, 0.6) is 11.5 Å². The Bertz CT molecular complexity index is 924. The highest BCUT2D eigenvalue weighted by atomic mass is 35.6. The summed E-state index contributed by atoms with van der Waals surface area (Å²) >= 11 is 19.2. The van der Waals surface area contributed by atoms with Crippen molar-refractivity contribution < 1.29 is 29.3 Å². The van der Waals surface area contributed by atoms with Crippen molar-refractivity contribution in [3.8, 4) is 11.5 Å². The van der Waals surface area contributed by atoms with Crippen LogP contribution in [0.2, 0.25) is 0 Å². The Morgan fingerprint density at radius 1 is 0.774 bits per heavy atom. The van der Waals surface area contributed by atoms with Crippen molar-refractivity contribution in [3.63, 3.8) is 0 Å². The standard InChI is InChI=1S/C22H23Cl3O6/c1-11-5-13(3)17(30-9-19(26)27)7-15(11)21(22(23,24)25)16-8-18(31-10-20(28)29)14(4)6-12(16)2/h5-8,21H,9-10H2,1-4H3,(H,26,27)(H,28,29). The fourth-order valence-electron chi connectivity index (χ4n) is 3.43. The monoisotopic (exact) mass is 488 g/mol. The van der Waals surface area contributed by atoms with Crippen LogP contribution in [0, 0.1) is 27.7 Å². The number of aliphatic carboxylic acids is 2. The number of carbonyl (C=O) groups is 2. The molecule has 0 unspecified atom stereocenters. The Morgan fingerprint density at radius 2 is 1.13 bits per heavy atom. The molecule has 0 bridgehead atoms. The Kier molecular flexibility index (Phi) is 8.09. The van der Waals surface area contributed by atoms with E-state index in [1.165, 1.54) is 0 Å². The zero-order valence-electron chi connectivity index (χ0n) is 17.5. The van der Waals surface area contributed by atoms with E-state index in [-0.39, 0.29) is 0 Å². The van der Waals surface area contributed by atoms with Crippen molar-refractivity contribution in [1.82, 2.24) is 0 Å². The first-order valence-electron chi connectivity index (χ1n) is 9.29. The highest BCUT2D eigenvalue weighted by Gasteiger charge is 2.38. The molecule has 0 aliphatic heterocycles. The summed E-state index contributed by atoms with van der Waals surface area (Å²) in [5, 5.41) is 17.9. The van der Waals surface area contributed by atoms with Crippen LogP contribution < -0.4 is 9.47 Å². The van der Waals surface area contributed by atoms with E-state index in [2.05, 4.69) is 0 Å². The molecule has 168 valence electrons. The highest BCUT2D eigenvalue weighted by molar-refractivity contribution is 6.68. The molecule has 2 aromatic rings. The molecule has 0 saturated heterocycles. The van der Waals surface area contributed by atoms with Crippen molar-refractivity contribution in [2.75, 3.05) is 13.2 Å². The van der Waals surface area contributed by atoms with Crippen LogP contribution in [0.1, 0.15) is 39.3 Å². The van der Waals surface area contributed by atoms with Gasteiger partial charge in [0.25, 0.3) is 0 Å².